The number of hydrogen-bond donors (Lipinski definition) is 2. The van der Waals surface area contributed by atoms with Gasteiger partial charge in [-0.1, -0.05) is 18.2 Å². The fraction of sp³-hybridized carbons (Fsp3) is 0.500. The van der Waals surface area contributed by atoms with E-state index in [0.717, 1.165) is 0 Å². The summed E-state index contributed by atoms with van der Waals surface area (Å²) in [7, 11) is 0. The molecule has 1 amide bonds. The second kappa shape index (κ2) is 5.06. The van der Waals surface area contributed by atoms with Crippen molar-refractivity contribution in [1.82, 2.24) is 5.32 Å². The topological polar surface area (TPSA) is 55.1 Å². The number of carbonyl (C=O) groups is 1. The molecule has 0 aliphatic rings. The van der Waals surface area contributed by atoms with E-state index in [9.17, 15) is 9.18 Å². The highest BCUT2D eigenvalue weighted by molar-refractivity contribution is 5.87. The van der Waals surface area contributed by atoms with Crippen LogP contribution in [0.2, 0.25) is 0 Å². The highest BCUT2D eigenvalue weighted by atomic mass is 19.1. The number of halogens is 1. The molecule has 0 unspecified atom stereocenters. The Labute approximate surface area is 108 Å². The number of nitrogens with two attached hydrogens (primary N) is 1. The zero-order valence-electron chi connectivity index (χ0n) is 11.4. The molecule has 0 fully saturated rings. The Morgan fingerprint density at radius 3 is 2.33 bits per heavy atom. The van der Waals surface area contributed by atoms with Crippen molar-refractivity contribution in [2.45, 2.75) is 38.6 Å². The van der Waals surface area contributed by atoms with E-state index in [1.807, 2.05) is 13.8 Å². The van der Waals surface area contributed by atoms with Gasteiger partial charge in [0.05, 0.1) is 5.41 Å². The molecule has 1 rings (SSSR count). The molecule has 1 aromatic carbocycles. The van der Waals surface area contributed by atoms with Crippen molar-refractivity contribution in [2.24, 2.45) is 5.73 Å². The largest absolute Gasteiger partial charge is 0.354 e. The van der Waals surface area contributed by atoms with E-state index in [-0.39, 0.29) is 11.7 Å². The summed E-state index contributed by atoms with van der Waals surface area (Å²) in [5.41, 5.74) is 4.79. The van der Waals surface area contributed by atoms with Crippen LogP contribution in [-0.4, -0.2) is 18.0 Å². The molecule has 3 nitrogen and oxygen atoms in total. The summed E-state index contributed by atoms with van der Waals surface area (Å²) in [6.07, 6.45) is 0. The smallest absolute Gasteiger partial charge is 0.230 e. The van der Waals surface area contributed by atoms with E-state index in [4.69, 9.17) is 5.73 Å². The van der Waals surface area contributed by atoms with Crippen LogP contribution in [0.5, 0.6) is 0 Å². The maximum atomic E-state index is 13.7. The maximum Gasteiger partial charge on any atom is 0.230 e. The van der Waals surface area contributed by atoms with Crippen molar-refractivity contribution >= 4 is 5.91 Å². The van der Waals surface area contributed by atoms with E-state index < -0.39 is 11.0 Å². The van der Waals surface area contributed by atoms with Crippen LogP contribution in [-0.2, 0) is 10.2 Å². The van der Waals surface area contributed by atoms with E-state index in [1.54, 1.807) is 32.0 Å². The zero-order chi connectivity index (χ0) is 14.0. The summed E-state index contributed by atoms with van der Waals surface area (Å²) < 4.78 is 13.7. The van der Waals surface area contributed by atoms with Gasteiger partial charge >= 0.3 is 0 Å². The Balaban J connectivity index is 2.87. The van der Waals surface area contributed by atoms with Crippen LogP contribution in [0.4, 0.5) is 4.39 Å². The van der Waals surface area contributed by atoms with Crippen molar-refractivity contribution in [3.8, 4) is 0 Å². The highest BCUT2D eigenvalue weighted by Crippen LogP contribution is 2.25. The molecule has 4 heteroatoms. The van der Waals surface area contributed by atoms with Crippen molar-refractivity contribution in [1.29, 1.82) is 0 Å². The molecule has 0 aromatic heterocycles. The Morgan fingerprint density at radius 2 is 1.83 bits per heavy atom. The summed E-state index contributed by atoms with van der Waals surface area (Å²) in [6, 6.07) is 6.32. The van der Waals surface area contributed by atoms with Gasteiger partial charge in [0.25, 0.3) is 0 Å². The third kappa shape index (κ3) is 3.53. The number of amides is 1. The first kappa shape index (κ1) is 14.6. The molecule has 100 valence electrons. The van der Waals surface area contributed by atoms with Gasteiger partial charge in [0, 0.05) is 17.6 Å². The molecular formula is C14H21FN2O. The maximum absolute atomic E-state index is 13.7. The summed E-state index contributed by atoms with van der Waals surface area (Å²) in [4.78, 5) is 12.1. The molecule has 18 heavy (non-hydrogen) atoms. The lowest BCUT2D eigenvalue weighted by molar-refractivity contribution is -0.126. The summed E-state index contributed by atoms with van der Waals surface area (Å²) >= 11 is 0. The first-order valence-electron chi connectivity index (χ1n) is 5.97. The normalized spacial score (nSPS) is 12.3. The minimum absolute atomic E-state index is 0.230. The molecule has 0 atom stereocenters. The first-order chi connectivity index (χ1) is 8.14. The van der Waals surface area contributed by atoms with Gasteiger partial charge in [-0.25, -0.2) is 4.39 Å². The number of hydrogen-bond acceptors (Lipinski definition) is 2. The Bertz CT molecular complexity index is 436. The van der Waals surface area contributed by atoms with Crippen molar-refractivity contribution in [2.75, 3.05) is 6.54 Å². The molecule has 0 saturated carbocycles. The molecule has 0 radical (unpaired) electrons. The molecule has 0 heterocycles. The Hall–Kier alpha value is -1.42. The van der Waals surface area contributed by atoms with Crippen molar-refractivity contribution < 1.29 is 9.18 Å². The van der Waals surface area contributed by atoms with Crippen LogP contribution in [0.15, 0.2) is 24.3 Å². The molecule has 0 spiro atoms. The van der Waals surface area contributed by atoms with E-state index in [2.05, 4.69) is 5.32 Å². The van der Waals surface area contributed by atoms with Gasteiger partial charge in [-0.3, -0.25) is 4.79 Å². The van der Waals surface area contributed by atoms with Gasteiger partial charge in [-0.2, -0.15) is 0 Å². The van der Waals surface area contributed by atoms with Gasteiger partial charge in [-0.05, 0) is 33.8 Å². The minimum Gasteiger partial charge on any atom is -0.354 e. The SMILES string of the molecule is CC(C)(N)CNC(=O)C(C)(C)c1ccccc1F. The quantitative estimate of drug-likeness (QED) is 0.860. The van der Waals surface area contributed by atoms with E-state index >= 15 is 0 Å². The van der Waals surface area contributed by atoms with Gasteiger partial charge in [-0.15, -0.1) is 0 Å². The molecule has 0 bridgehead atoms. The second-order valence-corrected chi connectivity index (χ2v) is 5.78. The average Bonchev–Trinajstić information content (AvgIpc) is 2.25. The fourth-order valence-electron chi connectivity index (χ4n) is 1.62. The minimum atomic E-state index is -0.920. The number of benzene rings is 1. The van der Waals surface area contributed by atoms with Crippen molar-refractivity contribution in [3.63, 3.8) is 0 Å². The molecular weight excluding hydrogens is 231 g/mol. The van der Waals surface area contributed by atoms with Crippen LogP contribution < -0.4 is 11.1 Å². The molecule has 0 aliphatic carbocycles. The number of carbonyl (C=O) groups excluding carboxylic acids is 1. The summed E-state index contributed by atoms with van der Waals surface area (Å²) in [6.45, 7) is 7.39. The lowest BCUT2D eigenvalue weighted by atomic mass is 9.83. The second-order valence-electron chi connectivity index (χ2n) is 5.78. The molecule has 3 N–H and O–H groups in total. The standard InChI is InChI=1S/C14H21FN2O/c1-13(2,16)9-17-12(18)14(3,4)10-7-5-6-8-11(10)15/h5-8H,9,16H2,1-4H3,(H,17,18). The predicted molar refractivity (Wildman–Crippen MR) is 70.7 cm³/mol. The third-order valence-corrected chi connectivity index (χ3v) is 2.82. The monoisotopic (exact) mass is 252 g/mol. The zero-order valence-corrected chi connectivity index (χ0v) is 11.4. The van der Waals surface area contributed by atoms with Crippen LogP contribution in [0, 0.1) is 5.82 Å². The average molecular weight is 252 g/mol. The third-order valence-electron chi connectivity index (χ3n) is 2.82. The van der Waals surface area contributed by atoms with Crippen molar-refractivity contribution in [3.05, 3.63) is 35.6 Å². The molecule has 0 aliphatic heterocycles. The number of nitrogens with one attached hydrogen (secondary N) is 1. The van der Waals surface area contributed by atoms with Crippen LogP contribution in [0.25, 0.3) is 0 Å². The Kier molecular flexibility index (Phi) is 4.12. The highest BCUT2D eigenvalue weighted by Gasteiger charge is 2.32. The van der Waals surface area contributed by atoms with E-state index in [0.29, 0.717) is 12.1 Å². The van der Waals surface area contributed by atoms with Gasteiger partial charge < -0.3 is 11.1 Å². The van der Waals surface area contributed by atoms with Gasteiger partial charge in [0.15, 0.2) is 0 Å². The molecule has 0 saturated heterocycles. The molecule has 1 aromatic rings. The number of rotatable bonds is 4. The van der Waals surface area contributed by atoms with Gasteiger partial charge in [0.2, 0.25) is 5.91 Å². The summed E-state index contributed by atoms with van der Waals surface area (Å²) in [5, 5.41) is 2.76. The van der Waals surface area contributed by atoms with Crippen LogP contribution >= 0.6 is 0 Å². The lowest BCUT2D eigenvalue weighted by Crippen LogP contribution is -2.49. The van der Waals surface area contributed by atoms with Gasteiger partial charge in [0.1, 0.15) is 5.82 Å². The van der Waals surface area contributed by atoms with Crippen LogP contribution in [0.3, 0.4) is 0 Å². The fourth-order valence-corrected chi connectivity index (χ4v) is 1.62. The Morgan fingerprint density at radius 1 is 1.28 bits per heavy atom. The van der Waals surface area contributed by atoms with E-state index in [1.165, 1.54) is 6.07 Å². The van der Waals surface area contributed by atoms with Crippen LogP contribution in [0.1, 0.15) is 33.3 Å². The predicted octanol–water partition coefficient (Wildman–Crippen LogP) is 1.96. The first-order valence-corrected chi connectivity index (χ1v) is 5.97. The lowest BCUT2D eigenvalue weighted by Gasteiger charge is -2.27. The summed E-state index contributed by atoms with van der Waals surface area (Å²) in [5.74, 6) is -0.601.